The zero-order valence-electron chi connectivity index (χ0n) is 10.4. The van der Waals surface area contributed by atoms with Crippen LogP contribution in [-0.2, 0) is 14.3 Å². The van der Waals surface area contributed by atoms with Crippen LogP contribution >= 0.6 is 0 Å². The SMILES string of the molecule is CC1=C2C(=CO[C@@H](C)[C@H]2C)C(=O)C(C(=O)O)=C1O. The second kappa shape index (κ2) is 4.01. The van der Waals surface area contributed by atoms with E-state index >= 15 is 0 Å². The van der Waals surface area contributed by atoms with Crippen LogP contribution in [0.2, 0.25) is 0 Å². The quantitative estimate of drug-likeness (QED) is 0.692. The number of hydrogen-bond donors (Lipinski definition) is 2. The van der Waals surface area contributed by atoms with Crippen LogP contribution in [0.15, 0.2) is 34.3 Å². The molecule has 2 aliphatic rings. The van der Waals surface area contributed by atoms with Crippen molar-refractivity contribution in [1.29, 1.82) is 0 Å². The topological polar surface area (TPSA) is 83.8 Å². The lowest BCUT2D eigenvalue weighted by Crippen LogP contribution is -2.32. The van der Waals surface area contributed by atoms with Crippen molar-refractivity contribution < 1.29 is 24.5 Å². The summed E-state index contributed by atoms with van der Waals surface area (Å²) in [6.07, 6.45) is 1.17. The standard InChI is InChI=1S/C13H14O5/c1-5-7(3)18-4-8-9(5)6(2)11(14)10(12(8)15)13(16)17/h4-5,7,14H,1-3H3,(H,16,17)/t5-,7+/m1/s1. The lowest BCUT2D eigenvalue weighted by molar-refractivity contribution is -0.134. The van der Waals surface area contributed by atoms with Gasteiger partial charge in [0.2, 0.25) is 5.78 Å². The van der Waals surface area contributed by atoms with E-state index in [4.69, 9.17) is 9.84 Å². The smallest absolute Gasteiger partial charge is 0.343 e. The summed E-state index contributed by atoms with van der Waals surface area (Å²) in [6.45, 7) is 5.35. The predicted octanol–water partition coefficient (Wildman–Crippen LogP) is 1.72. The first kappa shape index (κ1) is 12.4. The summed E-state index contributed by atoms with van der Waals surface area (Å²) in [5.74, 6) is -2.64. The molecule has 1 heterocycles. The molecule has 2 N–H and O–H groups in total. The number of aliphatic hydroxyl groups excluding tert-OH is 1. The zero-order valence-corrected chi connectivity index (χ0v) is 10.4. The molecule has 0 bridgehead atoms. The number of ether oxygens (including phenoxy) is 1. The molecule has 0 fully saturated rings. The number of aliphatic hydroxyl groups is 1. The van der Waals surface area contributed by atoms with E-state index in [0.717, 1.165) is 0 Å². The number of allylic oxidation sites excluding steroid dienone is 2. The van der Waals surface area contributed by atoms with Gasteiger partial charge in [0.05, 0.1) is 11.8 Å². The third kappa shape index (κ3) is 1.54. The first-order valence-corrected chi connectivity index (χ1v) is 5.64. The number of carboxylic acid groups (broad SMARTS) is 1. The number of carbonyl (C=O) groups excluding carboxylic acids is 1. The fraction of sp³-hybridized carbons (Fsp3) is 0.385. The number of Topliss-reactive ketones (excluding diaryl/α,β-unsaturated/α-hetero) is 1. The second-order valence-corrected chi connectivity index (χ2v) is 4.56. The fourth-order valence-corrected chi connectivity index (χ4v) is 2.31. The van der Waals surface area contributed by atoms with Gasteiger partial charge in [-0.2, -0.15) is 0 Å². The molecule has 1 aliphatic heterocycles. The number of carboxylic acids is 1. The Morgan fingerprint density at radius 2 is 2.00 bits per heavy atom. The fourth-order valence-electron chi connectivity index (χ4n) is 2.31. The van der Waals surface area contributed by atoms with E-state index in [0.29, 0.717) is 11.1 Å². The summed E-state index contributed by atoms with van der Waals surface area (Å²) in [6, 6.07) is 0. The van der Waals surface area contributed by atoms with Crippen LogP contribution in [0.25, 0.3) is 0 Å². The average molecular weight is 250 g/mol. The van der Waals surface area contributed by atoms with E-state index < -0.39 is 23.1 Å². The minimum Gasteiger partial charge on any atom is -0.507 e. The molecule has 2 rings (SSSR count). The maximum Gasteiger partial charge on any atom is 0.343 e. The molecule has 0 radical (unpaired) electrons. The molecule has 5 heteroatoms. The van der Waals surface area contributed by atoms with Crippen molar-refractivity contribution in [3.05, 3.63) is 34.3 Å². The number of carbonyl (C=O) groups is 2. The normalized spacial score (nSPS) is 27.7. The third-order valence-corrected chi connectivity index (χ3v) is 3.53. The molecule has 96 valence electrons. The van der Waals surface area contributed by atoms with E-state index in [-0.39, 0.29) is 17.6 Å². The van der Waals surface area contributed by atoms with Gasteiger partial charge in [-0.25, -0.2) is 4.79 Å². The van der Waals surface area contributed by atoms with Gasteiger partial charge in [-0.15, -0.1) is 0 Å². The molecule has 0 spiro atoms. The summed E-state index contributed by atoms with van der Waals surface area (Å²) in [7, 11) is 0. The van der Waals surface area contributed by atoms with Crippen LogP contribution in [0.1, 0.15) is 20.8 Å². The average Bonchev–Trinajstić information content (AvgIpc) is 2.29. The van der Waals surface area contributed by atoms with Crippen molar-refractivity contribution in [2.45, 2.75) is 26.9 Å². The monoisotopic (exact) mass is 250 g/mol. The van der Waals surface area contributed by atoms with Crippen LogP contribution in [0.4, 0.5) is 0 Å². The van der Waals surface area contributed by atoms with Gasteiger partial charge in [-0.05, 0) is 25.0 Å². The Morgan fingerprint density at radius 3 is 2.56 bits per heavy atom. The largest absolute Gasteiger partial charge is 0.507 e. The predicted molar refractivity (Wildman–Crippen MR) is 62.8 cm³/mol. The molecule has 0 aromatic carbocycles. The summed E-state index contributed by atoms with van der Waals surface area (Å²) >= 11 is 0. The molecule has 0 saturated heterocycles. The van der Waals surface area contributed by atoms with Gasteiger partial charge in [-0.3, -0.25) is 4.79 Å². The minimum absolute atomic E-state index is 0.0774. The molecule has 0 aromatic heterocycles. The molecule has 2 atom stereocenters. The maximum absolute atomic E-state index is 12.0. The summed E-state index contributed by atoms with van der Waals surface area (Å²) in [5.41, 5.74) is 0.739. The summed E-state index contributed by atoms with van der Waals surface area (Å²) < 4.78 is 5.33. The zero-order chi connectivity index (χ0) is 13.6. The van der Waals surface area contributed by atoms with Crippen LogP contribution < -0.4 is 0 Å². The van der Waals surface area contributed by atoms with Crippen molar-refractivity contribution in [3.63, 3.8) is 0 Å². The number of fused-ring (bicyclic) bond motifs is 1. The number of ketones is 1. The molecule has 5 nitrogen and oxygen atoms in total. The lowest BCUT2D eigenvalue weighted by atomic mass is 9.78. The summed E-state index contributed by atoms with van der Waals surface area (Å²) in [5, 5.41) is 18.8. The minimum atomic E-state index is -1.43. The van der Waals surface area contributed by atoms with Gasteiger partial charge in [0.15, 0.2) is 0 Å². The Balaban J connectivity index is 2.69. The van der Waals surface area contributed by atoms with Crippen molar-refractivity contribution in [2.75, 3.05) is 0 Å². The van der Waals surface area contributed by atoms with E-state index in [1.165, 1.54) is 6.26 Å². The summed E-state index contributed by atoms with van der Waals surface area (Å²) in [4.78, 5) is 23.0. The number of hydrogen-bond acceptors (Lipinski definition) is 4. The van der Waals surface area contributed by atoms with Gasteiger partial charge >= 0.3 is 5.97 Å². The van der Waals surface area contributed by atoms with Crippen LogP contribution in [0.5, 0.6) is 0 Å². The molecule has 0 amide bonds. The Hall–Kier alpha value is -2.04. The van der Waals surface area contributed by atoms with Crippen LogP contribution in [0, 0.1) is 5.92 Å². The number of rotatable bonds is 1. The van der Waals surface area contributed by atoms with Crippen LogP contribution in [0.3, 0.4) is 0 Å². The van der Waals surface area contributed by atoms with Gasteiger partial charge in [-0.1, -0.05) is 6.92 Å². The van der Waals surface area contributed by atoms with E-state index in [1.807, 2.05) is 13.8 Å². The molecule has 0 saturated carbocycles. The Morgan fingerprint density at radius 1 is 1.39 bits per heavy atom. The molecule has 18 heavy (non-hydrogen) atoms. The van der Waals surface area contributed by atoms with Crippen molar-refractivity contribution in [1.82, 2.24) is 0 Å². The van der Waals surface area contributed by atoms with E-state index in [1.54, 1.807) is 6.92 Å². The van der Waals surface area contributed by atoms with Crippen molar-refractivity contribution >= 4 is 11.8 Å². The van der Waals surface area contributed by atoms with Crippen molar-refractivity contribution in [3.8, 4) is 0 Å². The van der Waals surface area contributed by atoms with Gasteiger partial charge in [0.1, 0.15) is 17.4 Å². The highest BCUT2D eigenvalue weighted by molar-refractivity contribution is 6.26. The highest BCUT2D eigenvalue weighted by Crippen LogP contribution is 2.39. The highest BCUT2D eigenvalue weighted by Gasteiger charge is 2.39. The van der Waals surface area contributed by atoms with Gasteiger partial charge < -0.3 is 14.9 Å². The first-order valence-electron chi connectivity index (χ1n) is 5.64. The molecular weight excluding hydrogens is 236 g/mol. The number of aliphatic carboxylic acids is 1. The van der Waals surface area contributed by atoms with E-state index in [9.17, 15) is 14.7 Å². The Kier molecular flexibility index (Phi) is 2.77. The Bertz CT molecular complexity index is 536. The highest BCUT2D eigenvalue weighted by atomic mass is 16.5. The lowest BCUT2D eigenvalue weighted by Gasteiger charge is -2.32. The van der Waals surface area contributed by atoms with Gasteiger partial charge in [0.25, 0.3) is 0 Å². The van der Waals surface area contributed by atoms with E-state index in [2.05, 4.69) is 0 Å². The maximum atomic E-state index is 12.0. The molecule has 1 aliphatic carbocycles. The van der Waals surface area contributed by atoms with Crippen molar-refractivity contribution in [2.24, 2.45) is 5.92 Å². The molecule has 0 aromatic rings. The second-order valence-electron chi connectivity index (χ2n) is 4.56. The molecule has 0 unspecified atom stereocenters. The van der Waals surface area contributed by atoms with Gasteiger partial charge in [0, 0.05) is 5.92 Å². The third-order valence-electron chi connectivity index (χ3n) is 3.53. The Labute approximate surface area is 104 Å². The molecular formula is C13H14O5. The van der Waals surface area contributed by atoms with Crippen LogP contribution in [-0.4, -0.2) is 28.1 Å². The first-order chi connectivity index (χ1) is 8.36.